The van der Waals surface area contributed by atoms with Crippen LogP contribution >= 0.6 is 11.3 Å². The lowest BCUT2D eigenvalue weighted by molar-refractivity contribution is -0.118. The highest BCUT2D eigenvalue weighted by Gasteiger charge is 2.12. The smallest absolute Gasteiger partial charge is 0.349 e. The quantitative estimate of drug-likeness (QED) is 0.739. The molecule has 0 fully saturated rings. The summed E-state index contributed by atoms with van der Waals surface area (Å²) in [6, 6.07) is -0.117. The van der Waals surface area contributed by atoms with Crippen molar-refractivity contribution >= 4 is 28.3 Å². The van der Waals surface area contributed by atoms with Crippen LogP contribution in [0.5, 0.6) is 0 Å². The van der Waals surface area contributed by atoms with Crippen molar-refractivity contribution < 1.29 is 14.3 Å². The van der Waals surface area contributed by atoms with Crippen LogP contribution in [0.4, 0.5) is 5.13 Å². The number of aromatic nitrogens is 1. The maximum atomic E-state index is 11.1. The number of primary amides is 1. The molecule has 0 aliphatic heterocycles. The Bertz CT molecular complexity index is 391. The first kappa shape index (κ1) is 12.4. The summed E-state index contributed by atoms with van der Waals surface area (Å²) in [4.78, 5) is 26.2. The lowest BCUT2D eigenvalue weighted by Gasteiger charge is -2.09. The number of methoxy groups -OCH3 is 1. The summed E-state index contributed by atoms with van der Waals surface area (Å²) < 4.78 is 4.55. The van der Waals surface area contributed by atoms with E-state index < -0.39 is 5.97 Å². The summed E-state index contributed by atoms with van der Waals surface area (Å²) >= 11 is 1.17. The molecule has 0 aliphatic carbocycles. The van der Waals surface area contributed by atoms with Crippen molar-refractivity contribution in [2.24, 2.45) is 5.73 Å². The minimum Gasteiger partial charge on any atom is -0.465 e. The third-order valence-corrected chi connectivity index (χ3v) is 2.68. The van der Waals surface area contributed by atoms with Crippen molar-refractivity contribution in [2.75, 3.05) is 12.4 Å². The number of nitrogens with zero attached hydrogens (tertiary/aromatic N) is 1. The number of anilines is 1. The third-order valence-electron chi connectivity index (χ3n) is 1.77. The Kier molecular flexibility index (Phi) is 4.24. The number of carbonyl (C=O) groups is 2. The van der Waals surface area contributed by atoms with Gasteiger partial charge in [-0.25, -0.2) is 9.78 Å². The van der Waals surface area contributed by atoms with E-state index in [-0.39, 0.29) is 18.4 Å². The van der Waals surface area contributed by atoms with E-state index in [1.807, 2.05) is 6.92 Å². The number of amides is 1. The number of thiazole rings is 1. The number of hydrogen-bond donors (Lipinski definition) is 2. The average molecular weight is 243 g/mol. The zero-order valence-electron chi connectivity index (χ0n) is 9.02. The Hall–Kier alpha value is -1.63. The number of nitrogens with one attached hydrogen (secondary N) is 1. The Labute approximate surface area is 96.8 Å². The second kappa shape index (κ2) is 5.45. The van der Waals surface area contributed by atoms with Crippen LogP contribution in [-0.2, 0) is 9.53 Å². The van der Waals surface area contributed by atoms with E-state index in [1.54, 1.807) is 0 Å². The molecule has 7 heteroatoms. The Morgan fingerprint density at radius 3 is 2.94 bits per heavy atom. The maximum Gasteiger partial charge on any atom is 0.349 e. The first-order valence-electron chi connectivity index (χ1n) is 4.62. The highest BCUT2D eigenvalue weighted by atomic mass is 32.1. The molecule has 0 saturated carbocycles. The molecular weight excluding hydrogens is 230 g/mol. The van der Waals surface area contributed by atoms with Gasteiger partial charge in [0, 0.05) is 12.5 Å². The molecule has 1 unspecified atom stereocenters. The summed E-state index contributed by atoms with van der Waals surface area (Å²) in [6.45, 7) is 1.81. The van der Waals surface area contributed by atoms with Gasteiger partial charge in [0.2, 0.25) is 5.91 Å². The topological polar surface area (TPSA) is 94.3 Å². The van der Waals surface area contributed by atoms with Gasteiger partial charge in [0.15, 0.2) is 5.13 Å². The Morgan fingerprint density at radius 1 is 1.69 bits per heavy atom. The molecule has 88 valence electrons. The molecule has 0 radical (unpaired) electrons. The summed E-state index contributed by atoms with van der Waals surface area (Å²) in [5, 5.41) is 3.54. The molecule has 0 bridgehead atoms. The van der Waals surface area contributed by atoms with Gasteiger partial charge in [0.25, 0.3) is 0 Å². The van der Waals surface area contributed by atoms with E-state index in [2.05, 4.69) is 15.0 Å². The zero-order chi connectivity index (χ0) is 12.1. The summed E-state index contributed by atoms with van der Waals surface area (Å²) in [7, 11) is 1.31. The predicted molar refractivity (Wildman–Crippen MR) is 60.3 cm³/mol. The van der Waals surface area contributed by atoms with Gasteiger partial charge < -0.3 is 15.8 Å². The lowest BCUT2D eigenvalue weighted by atomic mass is 10.2. The van der Waals surface area contributed by atoms with Gasteiger partial charge in [-0.1, -0.05) is 11.3 Å². The molecule has 1 rings (SSSR count). The fourth-order valence-corrected chi connectivity index (χ4v) is 1.95. The van der Waals surface area contributed by atoms with Gasteiger partial charge in [-0.2, -0.15) is 0 Å². The lowest BCUT2D eigenvalue weighted by Crippen LogP contribution is -2.23. The fraction of sp³-hybridized carbons (Fsp3) is 0.444. The molecule has 1 atom stereocenters. The van der Waals surface area contributed by atoms with Gasteiger partial charge >= 0.3 is 5.97 Å². The van der Waals surface area contributed by atoms with Crippen LogP contribution in [0.3, 0.4) is 0 Å². The standard InChI is InChI=1S/C9H13N3O3S/c1-5(3-7(10)13)12-9-11-4-6(16-9)8(14)15-2/h4-5H,3H2,1-2H3,(H2,10,13)(H,11,12). The molecule has 0 aromatic carbocycles. The normalized spacial score (nSPS) is 11.9. The van der Waals surface area contributed by atoms with E-state index in [0.717, 1.165) is 0 Å². The minimum absolute atomic E-state index is 0.117. The Morgan fingerprint density at radius 2 is 2.38 bits per heavy atom. The number of esters is 1. The average Bonchev–Trinajstić information content (AvgIpc) is 2.63. The summed E-state index contributed by atoms with van der Waals surface area (Å²) in [6.07, 6.45) is 1.64. The van der Waals surface area contributed by atoms with Gasteiger partial charge in [-0.05, 0) is 6.92 Å². The Balaban J connectivity index is 2.58. The van der Waals surface area contributed by atoms with Crippen molar-refractivity contribution in [1.82, 2.24) is 4.98 Å². The van der Waals surface area contributed by atoms with Crippen molar-refractivity contribution in [1.29, 1.82) is 0 Å². The van der Waals surface area contributed by atoms with Gasteiger partial charge in [-0.3, -0.25) is 4.79 Å². The van der Waals surface area contributed by atoms with Gasteiger partial charge in [0.05, 0.1) is 13.3 Å². The van der Waals surface area contributed by atoms with Gasteiger partial charge in [0.1, 0.15) is 4.88 Å². The number of carbonyl (C=O) groups excluding carboxylic acids is 2. The molecular formula is C9H13N3O3S. The molecule has 3 N–H and O–H groups in total. The van der Waals surface area contributed by atoms with Crippen LogP contribution in [0.15, 0.2) is 6.20 Å². The highest BCUT2D eigenvalue weighted by molar-refractivity contribution is 7.17. The number of rotatable bonds is 5. The van der Waals surface area contributed by atoms with Crippen LogP contribution in [0.25, 0.3) is 0 Å². The first-order chi connectivity index (χ1) is 7.52. The van der Waals surface area contributed by atoms with Gasteiger partial charge in [-0.15, -0.1) is 0 Å². The molecule has 6 nitrogen and oxygen atoms in total. The monoisotopic (exact) mass is 243 g/mol. The van der Waals surface area contributed by atoms with E-state index in [9.17, 15) is 9.59 Å². The van der Waals surface area contributed by atoms with E-state index >= 15 is 0 Å². The van der Waals surface area contributed by atoms with Crippen molar-refractivity contribution in [3.8, 4) is 0 Å². The van der Waals surface area contributed by atoms with Crippen molar-refractivity contribution in [3.63, 3.8) is 0 Å². The van der Waals surface area contributed by atoms with Crippen LogP contribution in [0.2, 0.25) is 0 Å². The first-order valence-corrected chi connectivity index (χ1v) is 5.43. The number of ether oxygens (including phenoxy) is 1. The molecule has 0 aliphatic rings. The second-order valence-corrected chi connectivity index (χ2v) is 4.27. The molecule has 0 saturated heterocycles. The summed E-state index contributed by atoms with van der Waals surface area (Å²) in [5.74, 6) is -0.808. The molecule has 16 heavy (non-hydrogen) atoms. The largest absolute Gasteiger partial charge is 0.465 e. The molecule has 1 aromatic rings. The molecule has 1 aromatic heterocycles. The molecule has 0 spiro atoms. The van der Waals surface area contributed by atoms with Crippen molar-refractivity contribution in [3.05, 3.63) is 11.1 Å². The van der Waals surface area contributed by atoms with Crippen molar-refractivity contribution in [2.45, 2.75) is 19.4 Å². The second-order valence-electron chi connectivity index (χ2n) is 3.24. The predicted octanol–water partition coefficient (Wildman–Crippen LogP) is 0.605. The number of hydrogen-bond acceptors (Lipinski definition) is 6. The number of nitrogens with two attached hydrogens (primary N) is 1. The fourth-order valence-electron chi connectivity index (χ4n) is 1.10. The van der Waals surface area contributed by atoms with E-state index in [1.165, 1.54) is 24.6 Å². The van der Waals surface area contributed by atoms with Crippen LogP contribution in [0, 0.1) is 0 Å². The van der Waals surface area contributed by atoms with Crippen LogP contribution < -0.4 is 11.1 Å². The highest BCUT2D eigenvalue weighted by Crippen LogP contribution is 2.19. The third kappa shape index (κ3) is 3.50. The molecule has 1 amide bonds. The van der Waals surface area contributed by atoms with Crippen LogP contribution in [0.1, 0.15) is 23.0 Å². The van der Waals surface area contributed by atoms with Crippen LogP contribution in [-0.4, -0.2) is 30.0 Å². The molecule has 1 heterocycles. The van der Waals surface area contributed by atoms with E-state index in [4.69, 9.17) is 5.73 Å². The van der Waals surface area contributed by atoms with E-state index in [0.29, 0.717) is 10.0 Å². The summed E-state index contributed by atoms with van der Waals surface area (Å²) in [5.41, 5.74) is 5.05. The zero-order valence-corrected chi connectivity index (χ0v) is 9.84. The maximum absolute atomic E-state index is 11.1. The minimum atomic E-state index is -0.423. The SMILES string of the molecule is COC(=O)c1cnc(NC(C)CC(N)=O)s1.